The minimum atomic E-state index is -0.389. The minimum Gasteiger partial charge on any atom is -0.494 e. The first-order valence-electron chi connectivity index (χ1n) is 5.93. The van der Waals surface area contributed by atoms with E-state index in [9.17, 15) is 4.39 Å². The fourth-order valence-corrected chi connectivity index (χ4v) is 1.76. The standard InChI is InChI=1S/C14H16FN3O/c1-8-9(2)16-10(3)17-14(8)18-11-5-6-12(15)13(7-11)19-4/h5-7H,1-4H3,(H,16,17,18). The van der Waals surface area contributed by atoms with Gasteiger partial charge in [0.05, 0.1) is 7.11 Å². The van der Waals surface area contributed by atoms with E-state index in [1.807, 2.05) is 20.8 Å². The third-order valence-corrected chi connectivity index (χ3v) is 2.91. The lowest BCUT2D eigenvalue weighted by atomic mass is 10.2. The number of rotatable bonds is 3. The Morgan fingerprint density at radius 3 is 2.58 bits per heavy atom. The molecule has 19 heavy (non-hydrogen) atoms. The third kappa shape index (κ3) is 2.81. The second-order valence-corrected chi connectivity index (χ2v) is 4.30. The molecule has 2 aromatic rings. The number of aryl methyl sites for hydroxylation is 2. The smallest absolute Gasteiger partial charge is 0.165 e. The van der Waals surface area contributed by atoms with Crippen LogP contribution in [0.25, 0.3) is 0 Å². The summed E-state index contributed by atoms with van der Waals surface area (Å²) < 4.78 is 18.3. The maximum atomic E-state index is 13.3. The van der Waals surface area contributed by atoms with Crippen LogP contribution in [0.5, 0.6) is 5.75 Å². The van der Waals surface area contributed by atoms with Crippen LogP contribution in [0, 0.1) is 26.6 Å². The highest BCUT2D eigenvalue weighted by molar-refractivity contribution is 5.61. The topological polar surface area (TPSA) is 47.0 Å². The molecule has 1 heterocycles. The lowest BCUT2D eigenvalue weighted by Crippen LogP contribution is -2.03. The average molecular weight is 261 g/mol. The van der Waals surface area contributed by atoms with Crippen LogP contribution in [0.2, 0.25) is 0 Å². The third-order valence-electron chi connectivity index (χ3n) is 2.91. The van der Waals surface area contributed by atoms with E-state index >= 15 is 0 Å². The number of hydrogen-bond donors (Lipinski definition) is 1. The molecule has 0 amide bonds. The Morgan fingerprint density at radius 2 is 1.89 bits per heavy atom. The summed E-state index contributed by atoms with van der Waals surface area (Å²) in [7, 11) is 1.44. The molecule has 2 rings (SSSR count). The molecule has 0 unspecified atom stereocenters. The Hall–Kier alpha value is -2.17. The summed E-state index contributed by atoms with van der Waals surface area (Å²) >= 11 is 0. The lowest BCUT2D eigenvalue weighted by Gasteiger charge is -2.12. The Labute approximate surface area is 111 Å². The molecule has 4 nitrogen and oxygen atoms in total. The van der Waals surface area contributed by atoms with Crippen LogP contribution in [-0.4, -0.2) is 17.1 Å². The molecule has 0 aliphatic carbocycles. The van der Waals surface area contributed by atoms with Gasteiger partial charge in [0, 0.05) is 23.0 Å². The summed E-state index contributed by atoms with van der Waals surface area (Å²) in [6.07, 6.45) is 0. The number of anilines is 2. The van der Waals surface area contributed by atoms with Crippen molar-refractivity contribution >= 4 is 11.5 Å². The summed E-state index contributed by atoms with van der Waals surface area (Å²) in [6.45, 7) is 5.71. The molecule has 0 saturated carbocycles. The number of nitrogens with one attached hydrogen (secondary N) is 1. The summed E-state index contributed by atoms with van der Waals surface area (Å²) in [5, 5.41) is 3.16. The fourth-order valence-electron chi connectivity index (χ4n) is 1.76. The van der Waals surface area contributed by atoms with Gasteiger partial charge in [-0.25, -0.2) is 14.4 Å². The van der Waals surface area contributed by atoms with Gasteiger partial charge < -0.3 is 10.1 Å². The number of aromatic nitrogens is 2. The monoisotopic (exact) mass is 261 g/mol. The molecule has 100 valence electrons. The van der Waals surface area contributed by atoms with E-state index in [0.717, 1.165) is 22.8 Å². The molecule has 0 atom stereocenters. The summed E-state index contributed by atoms with van der Waals surface area (Å²) in [6, 6.07) is 4.60. The van der Waals surface area contributed by atoms with E-state index in [1.54, 1.807) is 12.1 Å². The predicted octanol–water partition coefficient (Wildman–Crippen LogP) is 3.29. The molecule has 0 aliphatic heterocycles. The highest BCUT2D eigenvalue weighted by atomic mass is 19.1. The van der Waals surface area contributed by atoms with Crippen LogP contribution in [0.4, 0.5) is 15.9 Å². The first-order valence-corrected chi connectivity index (χ1v) is 5.93. The van der Waals surface area contributed by atoms with Crippen LogP contribution in [0.1, 0.15) is 17.1 Å². The van der Waals surface area contributed by atoms with Crippen molar-refractivity contribution in [3.05, 3.63) is 41.1 Å². The summed E-state index contributed by atoms with van der Waals surface area (Å²) in [4.78, 5) is 8.64. The minimum absolute atomic E-state index is 0.199. The summed E-state index contributed by atoms with van der Waals surface area (Å²) in [5.74, 6) is 1.23. The normalized spacial score (nSPS) is 10.4. The van der Waals surface area contributed by atoms with Crippen molar-refractivity contribution in [2.75, 3.05) is 12.4 Å². The Kier molecular flexibility index (Phi) is 3.64. The SMILES string of the molecule is COc1cc(Nc2nc(C)nc(C)c2C)ccc1F. The molecule has 0 spiro atoms. The van der Waals surface area contributed by atoms with E-state index in [1.165, 1.54) is 13.2 Å². The van der Waals surface area contributed by atoms with Gasteiger partial charge in [-0.3, -0.25) is 0 Å². The first-order chi connectivity index (χ1) is 9.01. The number of benzene rings is 1. The zero-order chi connectivity index (χ0) is 14.0. The molecule has 0 radical (unpaired) electrons. The molecule has 1 aromatic heterocycles. The molecule has 0 saturated heterocycles. The number of halogens is 1. The van der Waals surface area contributed by atoms with Gasteiger partial charge in [-0.1, -0.05) is 0 Å². The number of ether oxygens (including phenoxy) is 1. The van der Waals surface area contributed by atoms with E-state index in [4.69, 9.17) is 4.74 Å². The second kappa shape index (κ2) is 5.22. The van der Waals surface area contributed by atoms with Crippen LogP contribution >= 0.6 is 0 Å². The number of hydrogen-bond acceptors (Lipinski definition) is 4. The van der Waals surface area contributed by atoms with Gasteiger partial charge in [0.2, 0.25) is 0 Å². The molecule has 0 fully saturated rings. The molecule has 1 aromatic carbocycles. The molecule has 5 heteroatoms. The van der Waals surface area contributed by atoms with E-state index in [2.05, 4.69) is 15.3 Å². The first kappa shape index (κ1) is 13.3. The van der Waals surface area contributed by atoms with E-state index in [0.29, 0.717) is 5.82 Å². The Balaban J connectivity index is 2.36. The van der Waals surface area contributed by atoms with Crippen molar-refractivity contribution in [3.8, 4) is 5.75 Å². The van der Waals surface area contributed by atoms with Crippen molar-refractivity contribution in [2.45, 2.75) is 20.8 Å². The molecule has 1 N–H and O–H groups in total. The predicted molar refractivity (Wildman–Crippen MR) is 72.5 cm³/mol. The van der Waals surface area contributed by atoms with Crippen molar-refractivity contribution in [3.63, 3.8) is 0 Å². The van der Waals surface area contributed by atoms with Gasteiger partial charge in [0.15, 0.2) is 11.6 Å². The molecular formula is C14H16FN3O. The van der Waals surface area contributed by atoms with Crippen LogP contribution < -0.4 is 10.1 Å². The van der Waals surface area contributed by atoms with Crippen LogP contribution in [-0.2, 0) is 0 Å². The van der Waals surface area contributed by atoms with E-state index < -0.39 is 0 Å². The van der Waals surface area contributed by atoms with Crippen molar-refractivity contribution < 1.29 is 9.13 Å². The quantitative estimate of drug-likeness (QED) is 0.921. The Morgan fingerprint density at radius 1 is 1.16 bits per heavy atom. The number of nitrogens with zero attached hydrogens (tertiary/aromatic N) is 2. The van der Waals surface area contributed by atoms with E-state index in [-0.39, 0.29) is 11.6 Å². The van der Waals surface area contributed by atoms with Crippen LogP contribution in [0.3, 0.4) is 0 Å². The van der Waals surface area contributed by atoms with Gasteiger partial charge in [-0.15, -0.1) is 0 Å². The maximum absolute atomic E-state index is 13.3. The highest BCUT2D eigenvalue weighted by Gasteiger charge is 2.08. The molecule has 0 bridgehead atoms. The van der Waals surface area contributed by atoms with Crippen molar-refractivity contribution in [1.29, 1.82) is 0 Å². The lowest BCUT2D eigenvalue weighted by molar-refractivity contribution is 0.387. The zero-order valence-corrected chi connectivity index (χ0v) is 11.4. The number of methoxy groups -OCH3 is 1. The van der Waals surface area contributed by atoms with Gasteiger partial charge in [0.25, 0.3) is 0 Å². The van der Waals surface area contributed by atoms with Crippen LogP contribution in [0.15, 0.2) is 18.2 Å². The molecule has 0 aliphatic rings. The highest BCUT2D eigenvalue weighted by Crippen LogP contribution is 2.25. The van der Waals surface area contributed by atoms with Gasteiger partial charge in [-0.05, 0) is 32.9 Å². The van der Waals surface area contributed by atoms with Crippen molar-refractivity contribution in [1.82, 2.24) is 9.97 Å². The zero-order valence-electron chi connectivity index (χ0n) is 11.4. The second-order valence-electron chi connectivity index (χ2n) is 4.30. The fraction of sp³-hybridized carbons (Fsp3) is 0.286. The van der Waals surface area contributed by atoms with Gasteiger partial charge >= 0.3 is 0 Å². The Bertz CT molecular complexity index is 614. The average Bonchev–Trinajstić information content (AvgIpc) is 2.37. The summed E-state index contributed by atoms with van der Waals surface area (Å²) in [5.41, 5.74) is 2.61. The largest absolute Gasteiger partial charge is 0.494 e. The van der Waals surface area contributed by atoms with Gasteiger partial charge in [-0.2, -0.15) is 0 Å². The van der Waals surface area contributed by atoms with Crippen molar-refractivity contribution in [2.24, 2.45) is 0 Å². The molecular weight excluding hydrogens is 245 g/mol. The van der Waals surface area contributed by atoms with Gasteiger partial charge in [0.1, 0.15) is 11.6 Å². The maximum Gasteiger partial charge on any atom is 0.165 e.